The van der Waals surface area contributed by atoms with Crippen LogP contribution in [-0.2, 0) is 9.47 Å². The number of aromatic nitrogens is 8. The Morgan fingerprint density at radius 3 is 1.51 bits per heavy atom. The minimum absolute atomic E-state index is 0.166. The first kappa shape index (κ1) is 58.1. The van der Waals surface area contributed by atoms with Crippen LogP contribution in [0.2, 0.25) is 5.15 Å². The number of hydrogen-bond donors (Lipinski definition) is 4. The lowest BCUT2D eigenvalue weighted by molar-refractivity contribution is 0.122. The van der Waals surface area contributed by atoms with Gasteiger partial charge in [-0.1, -0.05) is 29.8 Å². The van der Waals surface area contributed by atoms with Crippen LogP contribution >= 0.6 is 11.6 Å². The van der Waals surface area contributed by atoms with Gasteiger partial charge in [-0.3, -0.25) is 15.0 Å². The van der Waals surface area contributed by atoms with Crippen molar-refractivity contribution in [2.75, 3.05) is 87.3 Å². The molecule has 10 aromatic rings. The first-order valence-electron chi connectivity index (χ1n) is 26.4. The molecule has 2 aromatic carbocycles. The van der Waals surface area contributed by atoms with Gasteiger partial charge in [-0.15, -0.1) is 0 Å². The molecule has 0 bridgehead atoms. The number of hydrogen-bond acceptors (Lipinski definition) is 18. The molecule has 18 nitrogen and oxygen atoms in total. The average Bonchev–Trinajstić information content (AvgIpc) is 2.78. The monoisotopic (exact) mass is 1160 g/mol. The second kappa shape index (κ2) is 26.4. The fraction of sp³-hybridized carbons (Fsp3) is 0.200. The lowest BCUT2D eigenvalue weighted by Gasteiger charge is -2.29. The lowest BCUT2D eigenvalue weighted by Crippen LogP contribution is -2.36. The summed E-state index contributed by atoms with van der Waals surface area (Å²) >= 11 is 6.41. The summed E-state index contributed by atoms with van der Waals surface area (Å²) in [6.45, 7) is 9.03. The summed E-state index contributed by atoms with van der Waals surface area (Å²) in [5, 5.41) is 24.8. The first-order valence-corrected chi connectivity index (χ1v) is 26.8. The number of nitrogens with zero attached hydrogens (tertiary/aromatic N) is 10. The van der Waals surface area contributed by atoms with Crippen LogP contribution in [-0.4, -0.2) is 124 Å². The number of rotatable bonds is 12. The summed E-state index contributed by atoms with van der Waals surface area (Å²) in [5.74, 6) is -2.22. The van der Waals surface area contributed by atoms with Crippen molar-refractivity contribution in [1.29, 1.82) is 0 Å². The number of ether oxygens (including phenoxy) is 4. The zero-order chi connectivity index (χ0) is 58.9. The maximum Gasteiger partial charge on any atom is 0.493 e. The lowest BCUT2D eigenvalue weighted by atomic mass is 9.81. The van der Waals surface area contributed by atoms with E-state index in [0.717, 1.165) is 36.6 Å². The molecule has 428 valence electrons. The predicted molar refractivity (Wildman–Crippen MR) is 316 cm³/mol. The number of methoxy groups -OCH3 is 2. The molecule has 24 heteroatoms. The van der Waals surface area contributed by atoms with Crippen LogP contribution in [0.25, 0.3) is 55.8 Å². The number of halogens is 5. The Hall–Kier alpha value is -9.13. The smallest absolute Gasteiger partial charge is 0.481 e. The molecule has 0 atom stereocenters. The second-order valence-electron chi connectivity index (χ2n) is 19.0. The summed E-state index contributed by atoms with van der Waals surface area (Å²) in [7, 11) is 1.44. The van der Waals surface area contributed by atoms with Gasteiger partial charge in [0.2, 0.25) is 11.8 Å². The van der Waals surface area contributed by atoms with Gasteiger partial charge in [0.15, 0.2) is 5.15 Å². The maximum atomic E-state index is 15.4. The van der Waals surface area contributed by atoms with Crippen LogP contribution in [0.1, 0.15) is 11.1 Å². The highest BCUT2D eigenvalue weighted by atomic mass is 35.5. The molecular weight excluding hydrogens is 1110 g/mol. The van der Waals surface area contributed by atoms with Gasteiger partial charge in [-0.05, 0) is 68.4 Å². The van der Waals surface area contributed by atoms with E-state index >= 15 is 4.39 Å². The largest absolute Gasteiger partial charge is 0.493 e. The zero-order valence-electron chi connectivity index (χ0n) is 45.8. The summed E-state index contributed by atoms with van der Waals surface area (Å²) < 4.78 is 80.1. The Labute approximate surface area is 485 Å². The third kappa shape index (κ3) is 12.9. The summed E-state index contributed by atoms with van der Waals surface area (Å²) in [4.78, 5) is 39.5. The molecule has 0 saturated carbocycles. The highest BCUT2D eigenvalue weighted by Gasteiger charge is 2.25. The van der Waals surface area contributed by atoms with Gasteiger partial charge in [-0.2, -0.15) is 0 Å². The normalized spacial score (nSPS) is 13.1. The molecule has 0 amide bonds. The van der Waals surface area contributed by atoms with Crippen molar-refractivity contribution in [3.8, 4) is 45.8 Å². The molecule has 0 aliphatic carbocycles. The Morgan fingerprint density at radius 2 is 1.02 bits per heavy atom. The first-order chi connectivity index (χ1) is 40.8. The van der Waals surface area contributed by atoms with Crippen molar-refractivity contribution in [3.05, 3.63) is 174 Å². The van der Waals surface area contributed by atoms with Crippen LogP contribution in [0.4, 0.5) is 51.7 Å². The van der Waals surface area contributed by atoms with Crippen LogP contribution in [0, 0.1) is 37.1 Å². The molecule has 2 aliphatic heterocycles. The fourth-order valence-corrected chi connectivity index (χ4v) is 9.83. The maximum absolute atomic E-state index is 15.4. The molecule has 0 radical (unpaired) electrons. The molecule has 2 fully saturated rings. The van der Waals surface area contributed by atoms with Crippen LogP contribution in [0.5, 0.6) is 11.8 Å². The van der Waals surface area contributed by atoms with Crippen molar-refractivity contribution in [1.82, 2.24) is 39.9 Å². The zero-order valence-corrected chi connectivity index (χ0v) is 46.6. The third-order valence-corrected chi connectivity index (χ3v) is 14.1. The quantitative estimate of drug-likeness (QED) is 0.0509. The van der Waals surface area contributed by atoms with E-state index in [0.29, 0.717) is 113 Å². The number of pyridine rings is 8. The van der Waals surface area contributed by atoms with Gasteiger partial charge >= 0.3 is 7.12 Å². The van der Waals surface area contributed by atoms with Gasteiger partial charge in [0.05, 0.1) is 143 Å². The van der Waals surface area contributed by atoms with E-state index in [-0.39, 0.29) is 38.3 Å². The molecule has 2 saturated heterocycles. The predicted octanol–water partition coefficient (Wildman–Crippen LogP) is 10.2. The van der Waals surface area contributed by atoms with Gasteiger partial charge in [0.1, 0.15) is 23.3 Å². The van der Waals surface area contributed by atoms with Crippen LogP contribution in [0.3, 0.4) is 0 Å². The summed E-state index contributed by atoms with van der Waals surface area (Å²) in [6, 6.07) is 25.7. The van der Waals surface area contributed by atoms with E-state index in [1.807, 2.05) is 50.2 Å². The summed E-state index contributed by atoms with van der Waals surface area (Å²) in [6.07, 6.45) is 9.96. The third-order valence-electron chi connectivity index (χ3n) is 13.8. The van der Waals surface area contributed by atoms with Gasteiger partial charge < -0.3 is 49.4 Å². The topological polar surface area (TPSA) is 211 Å². The Morgan fingerprint density at radius 1 is 0.548 bits per heavy atom. The Balaban J connectivity index is 0.000000161. The van der Waals surface area contributed by atoms with E-state index in [2.05, 4.69) is 55.3 Å². The van der Waals surface area contributed by atoms with Crippen LogP contribution < -0.4 is 35.4 Å². The van der Waals surface area contributed by atoms with E-state index in [1.165, 1.54) is 31.5 Å². The summed E-state index contributed by atoms with van der Waals surface area (Å²) in [5.41, 5.74) is 9.08. The number of benzene rings is 2. The van der Waals surface area contributed by atoms with Crippen LogP contribution in [0.15, 0.2) is 134 Å². The number of nitrogens with one attached hydrogen (secondary N) is 2. The molecule has 84 heavy (non-hydrogen) atoms. The minimum atomic E-state index is -1.53. The van der Waals surface area contributed by atoms with E-state index in [1.54, 1.807) is 68.4 Å². The molecule has 2 aliphatic rings. The molecule has 0 unspecified atom stereocenters. The molecule has 10 heterocycles. The molecule has 4 N–H and O–H groups in total. The van der Waals surface area contributed by atoms with Crippen molar-refractivity contribution in [3.63, 3.8) is 0 Å². The van der Waals surface area contributed by atoms with Crippen molar-refractivity contribution in [2.24, 2.45) is 0 Å². The second-order valence-corrected chi connectivity index (χ2v) is 19.4. The number of morpholine rings is 2. The molecule has 8 aromatic heterocycles. The molecule has 0 spiro atoms. The Bertz CT molecular complexity index is 3970. The molecule has 12 rings (SSSR count). The highest BCUT2D eigenvalue weighted by Crippen LogP contribution is 2.42. The van der Waals surface area contributed by atoms with Crippen molar-refractivity contribution < 1.29 is 46.6 Å². The minimum Gasteiger partial charge on any atom is -0.481 e. The van der Waals surface area contributed by atoms with E-state index < -0.39 is 30.4 Å². The number of fused-ring (bicyclic) bond motifs is 2. The van der Waals surface area contributed by atoms with Gasteiger partial charge in [-0.25, -0.2) is 42.5 Å². The Kier molecular flexibility index (Phi) is 18.3. The number of anilines is 6. The SMILES string of the molecule is COc1ncccc1-c1ncc(N2CCOCC2)cc1Nc1c(C)c(-c2ccccn2)nc2cc(F)cc(F)c12.COc1ncccc1B(O)O.Cc1c(-c2ccccn2)nc2cc(F)cc(F)c2c1Nc1cc(N2CCOCC2)cnc1Cl. The fourth-order valence-electron chi connectivity index (χ4n) is 9.68. The van der Waals surface area contributed by atoms with Crippen molar-refractivity contribution in [2.45, 2.75) is 13.8 Å². The average molecular weight is 1160 g/mol. The van der Waals surface area contributed by atoms with Gasteiger partial charge in [0.25, 0.3) is 0 Å². The standard InChI is InChI=1S/C30H26F2N6O2.C24H20ClF2N5O.C6H8BNO3/c1-18-27(23-7-3-4-8-33-23)36-24-15-19(31)14-22(32)26(24)28(18)37-25-16-20(38-10-12-40-13-11-38)17-35-29(25)21-6-5-9-34-30(21)39-2;1-14-22(18-4-2-3-5-28-18)30-19-11-15(26)10-17(27)21(19)23(14)31-20-12-16(13-29-24(20)25)32-6-8-33-9-7-32;1-11-6-5(7(9)10)3-2-4-8-6/h3-9,14-17H,10-13H2,1-2H3,(H,36,37);2-5,10-13H,6-9H2,1H3,(H,30,31);2-4,9-10H,1H3. The van der Waals surface area contributed by atoms with E-state index in [9.17, 15) is 13.2 Å². The van der Waals surface area contributed by atoms with E-state index in [4.69, 9.17) is 45.6 Å². The van der Waals surface area contributed by atoms with Gasteiger partial charge in [0, 0.05) is 91.8 Å². The molecular formula is C60H54BClF4N12O6. The van der Waals surface area contributed by atoms with Crippen molar-refractivity contribution >= 4 is 80.1 Å². The highest BCUT2D eigenvalue weighted by molar-refractivity contribution is 6.59.